The molecule has 150 valence electrons. The molecule has 9 heteroatoms. The molecule has 1 N–H and O–H groups in total. The Balaban J connectivity index is 1.76. The molecule has 2 amide bonds. The van der Waals surface area contributed by atoms with E-state index in [2.05, 4.69) is 5.32 Å². The molecule has 2 aromatic rings. The highest BCUT2D eigenvalue weighted by molar-refractivity contribution is 7.99. The minimum absolute atomic E-state index is 0.251. The van der Waals surface area contributed by atoms with E-state index in [4.69, 9.17) is 9.47 Å². The lowest BCUT2D eigenvalue weighted by Gasteiger charge is -2.25. The molecule has 1 fully saturated rings. The van der Waals surface area contributed by atoms with Gasteiger partial charge in [-0.1, -0.05) is 0 Å². The fourth-order valence-corrected chi connectivity index (χ4v) is 4.10. The van der Waals surface area contributed by atoms with Crippen LogP contribution in [0.3, 0.4) is 0 Å². The number of nitrogens with zero attached hydrogens (tertiary/aromatic N) is 1. The third-order valence-electron chi connectivity index (χ3n) is 4.27. The van der Waals surface area contributed by atoms with Crippen LogP contribution in [-0.2, 0) is 6.18 Å². The van der Waals surface area contributed by atoms with E-state index in [1.54, 1.807) is 36.9 Å². The van der Waals surface area contributed by atoms with Crippen LogP contribution < -0.4 is 14.8 Å². The average Bonchev–Trinajstić information content (AvgIpc) is 3.17. The van der Waals surface area contributed by atoms with Crippen molar-refractivity contribution >= 4 is 23.5 Å². The average molecular weight is 412 g/mol. The highest BCUT2D eigenvalue weighted by atomic mass is 32.2. The van der Waals surface area contributed by atoms with Crippen LogP contribution in [-0.4, -0.2) is 37.4 Å². The van der Waals surface area contributed by atoms with Gasteiger partial charge in [-0.25, -0.2) is 4.79 Å². The number of hydrogen-bond donors (Lipinski definition) is 1. The summed E-state index contributed by atoms with van der Waals surface area (Å²) in [6.45, 7) is 0.515. The minimum atomic E-state index is -4.41. The number of urea groups is 1. The van der Waals surface area contributed by atoms with Crippen molar-refractivity contribution in [2.75, 3.05) is 31.8 Å². The van der Waals surface area contributed by atoms with Crippen LogP contribution in [0.25, 0.3) is 0 Å². The molecule has 0 aromatic heterocycles. The fourth-order valence-electron chi connectivity index (χ4n) is 2.86. The van der Waals surface area contributed by atoms with Gasteiger partial charge < -0.3 is 19.7 Å². The van der Waals surface area contributed by atoms with Gasteiger partial charge in [0.25, 0.3) is 0 Å². The van der Waals surface area contributed by atoms with Gasteiger partial charge in [0.15, 0.2) is 0 Å². The zero-order valence-electron chi connectivity index (χ0n) is 15.2. The van der Waals surface area contributed by atoms with Crippen LogP contribution in [0.15, 0.2) is 42.5 Å². The lowest BCUT2D eigenvalue weighted by atomic mass is 10.2. The first kappa shape index (κ1) is 20.2. The molecule has 1 aliphatic rings. The second-order valence-corrected chi connectivity index (χ2v) is 7.26. The second-order valence-electron chi connectivity index (χ2n) is 6.07. The zero-order valence-corrected chi connectivity index (χ0v) is 16.1. The van der Waals surface area contributed by atoms with E-state index in [1.807, 2.05) is 12.1 Å². The van der Waals surface area contributed by atoms with E-state index in [1.165, 1.54) is 12.1 Å². The van der Waals surface area contributed by atoms with Crippen molar-refractivity contribution < 1.29 is 27.4 Å². The summed E-state index contributed by atoms with van der Waals surface area (Å²) in [7, 11) is 3.10. The molecule has 0 saturated carbocycles. The van der Waals surface area contributed by atoms with Crippen molar-refractivity contribution in [2.24, 2.45) is 0 Å². The molecule has 1 aliphatic heterocycles. The molecular weight excluding hydrogens is 393 g/mol. The zero-order chi connectivity index (χ0) is 20.3. The van der Waals surface area contributed by atoms with Crippen molar-refractivity contribution in [3.05, 3.63) is 53.6 Å². The van der Waals surface area contributed by atoms with Gasteiger partial charge in [-0.05, 0) is 42.0 Å². The number of methoxy groups -OCH3 is 2. The Morgan fingerprint density at radius 3 is 2.25 bits per heavy atom. The van der Waals surface area contributed by atoms with E-state index in [0.717, 1.165) is 23.4 Å². The first-order chi connectivity index (χ1) is 13.3. The summed E-state index contributed by atoms with van der Waals surface area (Å²) in [5.74, 6) is 1.97. The number of nitrogens with one attached hydrogen (secondary N) is 1. The molecule has 1 heterocycles. The van der Waals surface area contributed by atoms with Crippen molar-refractivity contribution in [1.82, 2.24) is 4.90 Å². The predicted octanol–water partition coefficient (Wildman–Crippen LogP) is 5.00. The van der Waals surface area contributed by atoms with Crippen molar-refractivity contribution in [3.63, 3.8) is 0 Å². The Hall–Kier alpha value is -2.55. The number of carbonyl (C=O) groups excluding carboxylic acids is 1. The summed E-state index contributed by atoms with van der Waals surface area (Å²) in [5.41, 5.74) is 0.390. The normalized spacial score (nSPS) is 16.8. The highest BCUT2D eigenvalue weighted by Crippen LogP contribution is 2.41. The van der Waals surface area contributed by atoms with E-state index < -0.39 is 11.7 Å². The minimum Gasteiger partial charge on any atom is -0.497 e. The maximum atomic E-state index is 12.7. The monoisotopic (exact) mass is 412 g/mol. The molecular formula is C19H19F3N2O3S. The molecule has 2 aromatic carbocycles. The number of ether oxygens (including phenoxy) is 2. The van der Waals surface area contributed by atoms with Crippen molar-refractivity contribution in [1.29, 1.82) is 0 Å². The summed E-state index contributed by atoms with van der Waals surface area (Å²) in [6.07, 6.45) is -4.41. The number of halogens is 3. The molecule has 3 rings (SSSR count). The van der Waals surface area contributed by atoms with E-state index in [9.17, 15) is 18.0 Å². The first-order valence-corrected chi connectivity index (χ1v) is 9.46. The largest absolute Gasteiger partial charge is 0.497 e. The summed E-state index contributed by atoms with van der Waals surface area (Å²) in [5, 5.41) is 2.41. The molecule has 1 saturated heterocycles. The smallest absolute Gasteiger partial charge is 0.416 e. The number of benzene rings is 2. The predicted molar refractivity (Wildman–Crippen MR) is 102 cm³/mol. The van der Waals surface area contributed by atoms with Gasteiger partial charge in [0, 0.05) is 24.1 Å². The van der Waals surface area contributed by atoms with Gasteiger partial charge in [0.05, 0.1) is 19.8 Å². The number of thioether (sulfide) groups is 1. The number of amides is 2. The topological polar surface area (TPSA) is 50.8 Å². The van der Waals surface area contributed by atoms with Gasteiger partial charge >= 0.3 is 12.2 Å². The number of anilines is 1. The van der Waals surface area contributed by atoms with Crippen LogP contribution in [0.1, 0.15) is 16.5 Å². The van der Waals surface area contributed by atoms with E-state index in [-0.39, 0.29) is 11.4 Å². The van der Waals surface area contributed by atoms with Crippen LogP contribution in [0, 0.1) is 0 Å². The SMILES string of the molecule is COc1cc(OC)cc(C2SCCN2C(=O)Nc2ccc(C(F)(F)F)cc2)c1. The Kier molecular flexibility index (Phi) is 5.93. The molecule has 0 radical (unpaired) electrons. The molecule has 0 bridgehead atoms. The van der Waals surface area contributed by atoms with Crippen LogP contribution in [0.5, 0.6) is 11.5 Å². The Bertz CT molecular complexity index is 821. The van der Waals surface area contributed by atoms with E-state index >= 15 is 0 Å². The van der Waals surface area contributed by atoms with Gasteiger partial charge in [-0.15, -0.1) is 11.8 Å². The number of alkyl halides is 3. The Morgan fingerprint density at radius 2 is 1.71 bits per heavy atom. The maximum Gasteiger partial charge on any atom is 0.416 e. The third kappa shape index (κ3) is 4.46. The van der Waals surface area contributed by atoms with Gasteiger partial charge in [-0.3, -0.25) is 0 Å². The molecule has 0 aliphatic carbocycles. The maximum absolute atomic E-state index is 12.7. The highest BCUT2D eigenvalue weighted by Gasteiger charge is 2.32. The number of hydrogen-bond acceptors (Lipinski definition) is 4. The Labute approximate surface area is 164 Å². The molecule has 0 spiro atoms. The van der Waals surface area contributed by atoms with Gasteiger partial charge in [0.1, 0.15) is 16.9 Å². The summed E-state index contributed by atoms with van der Waals surface area (Å²) in [6, 6.07) is 9.42. The number of rotatable bonds is 4. The lowest BCUT2D eigenvalue weighted by Crippen LogP contribution is -2.34. The first-order valence-electron chi connectivity index (χ1n) is 8.41. The summed E-state index contributed by atoms with van der Waals surface area (Å²) in [4.78, 5) is 14.3. The lowest BCUT2D eigenvalue weighted by molar-refractivity contribution is -0.137. The van der Waals surface area contributed by atoms with Gasteiger partial charge in [0.2, 0.25) is 0 Å². The van der Waals surface area contributed by atoms with Crippen LogP contribution in [0.2, 0.25) is 0 Å². The number of carbonyl (C=O) groups is 1. The van der Waals surface area contributed by atoms with Crippen molar-refractivity contribution in [2.45, 2.75) is 11.6 Å². The second kappa shape index (κ2) is 8.22. The Morgan fingerprint density at radius 1 is 1.11 bits per heavy atom. The van der Waals surface area contributed by atoms with Crippen LogP contribution >= 0.6 is 11.8 Å². The molecule has 28 heavy (non-hydrogen) atoms. The molecule has 5 nitrogen and oxygen atoms in total. The van der Waals surface area contributed by atoms with E-state index in [0.29, 0.717) is 23.7 Å². The molecule has 1 atom stereocenters. The quantitative estimate of drug-likeness (QED) is 0.768. The molecule has 1 unspecified atom stereocenters. The summed E-state index contributed by atoms with van der Waals surface area (Å²) >= 11 is 1.59. The summed E-state index contributed by atoms with van der Waals surface area (Å²) < 4.78 is 48.6. The van der Waals surface area contributed by atoms with Crippen molar-refractivity contribution in [3.8, 4) is 11.5 Å². The van der Waals surface area contributed by atoms with Gasteiger partial charge in [-0.2, -0.15) is 13.2 Å². The van der Waals surface area contributed by atoms with Crippen LogP contribution in [0.4, 0.5) is 23.7 Å². The fraction of sp³-hybridized carbons (Fsp3) is 0.316. The third-order valence-corrected chi connectivity index (χ3v) is 5.53. The standard InChI is InChI=1S/C19H19F3N2O3S/c1-26-15-9-12(10-16(11-15)27-2)17-24(7-8-28-17)18(25)23-14-5-3-13(4-6-14)19(20,21)22/h3-6,9-11,17H,7-8H2,1-2H3,(H,23,25).